The van der Waals surface area contributed by atoms with Crippen LogP contribution in [0.3, 0.4) is 0 Å². The van der Waals surface area contributed by atoms with Crippen LogP contribution in [-0.2, 0) is 0 Å². The van der Waals surface area contributed by atoms with Crippen LogP contribution in [0.2, 0.25) is 0 Å². The molecule has 0 bridgehead atoms. The van der Waals surface area contributed by atoms with Crippen molar-refractivity contribution in [2.45, 2.75) is 6.92 Å². The molecule has 0 radical (unpaired) electrons. The molecule has 1 aromatic heterocycles. The van der Waals surface area contributed by atoms with E-state index in [-0.39, 0.29) is 0 Å². The SMILES string of the molecule is C/C(=C/Cl)COc1ccc(F)nc1. The molecule has 0 atom stereocenters. The Morgan fingerprint density at radius 2 is 2.46 bits per heavy atom. The average molecular weight is 202 g/mol. The monoisotopic (exact) mass is 201 g/mol. The minimum Gasteiger partial charge on any atom is -0.488 e. The molecule has 0 aromatic carbocycles. The lowest BCUT2D eigenvalue weighted by atomic mass is 10.4. The molecule has 0 N–H and O–H groups in total. The van der Waals surface area contributed by atoms with Crippen LogP contribution in [0, 0.1) is 5.95 Å². The molecule has 0 amide bonds. The van der Waals surface area contributed by atoms with E-state index in [9.17, 15) is 4.39 Å². The zero-order valence-electron chi connectivity index (χ0n) is 7.13. The van der Waals surface area contributed by atoms with E-state index < -0.39 is 5.95 Å². The maximum atomic E-state index is 12.4. The molecule has 0 aliphatic rings. The van der Waals surface area contributed by atoms with Crippen LogP contribution in [0.4, 0.5) is 4.39 Å². The largest absolute Gasteiger partial charge is 0.488 e. The lowest BCUT2D eigenvalue weighted by molar-refractivity contribution is 0.349. The van der Waals surface area contributed by atoms with Gasteiger partial charge in [-0.1, -0.05) is 11.6 Å². The molecule has 1 heterocycles. The van der Waals surface area contributed by atoms with Gasteiger partial charge in [-0.15, -0.1) is 0 Å². The Balaban J connectivity index is 2.51. The Labute approximate surface area is 81.0 Å². The van der Waals surface area contributed by atoms with E-state index in [2.05, 4.69) is 4.98 Å². The number of hydrogen-bond donors (Lipinski definition) is 0. The highest BCUT2D eigenvalue weighted by Gasteiger charge is 1.95. The minimum absolute atomic E-state index is 0.386. The summed E-state index contributed by atoms with van der Waals surface area (Å²) in [6.07, 6.45) is 1.33. The van der Waals surface area contributed by atoms with Crippen molar-refractivity contribution in [2.75, 3.05) is 6.61 Å². The van der Waals surface area contributed by atoms with Gasteiger partial charge in [0.1, 0.15) is 12.4 Å². The summed E-state index contributed by atoms with van der Waals surface area (Å²) in [6.45, 7) is 2.22. The van der Waals surface area contributed by atoms with E-state index in [0.29, 0.717) is 12.4 Å². The quantitative estimate of drug-likeness (QED) is 0.702. The highest BCUT2D eigenvalue weighted by atomic mass is 35.5. The third kappa shape index (κ3) is 3.42. The summed E-state index contributed by atoms with van der Waals surface area (Å²) in [5, 5.41) is 0. The van der Waals surface area contributed by atoms with Crippen molar-refractivity contribution >= 4 is 11.6 Å². The zero-order valence-corrected chi connectivity index (χ0v) is 7.88. The van der Waals surface area contributed by atoms with Gasteiger partial charge >= 0.3 is 0 Å². The predicted molar refractivity (Wildman–Crippen MR) is 49.3 cm³/mol. The smallest absolute Gasteiger partial charge is 0.213 e. The lowest BCUT2D eigenvalue weighted by Crippen LogP contribution is -1.98. The molecule has 0 spiro atoms. The second kappa shape index (κ2) is 4.82. The number of aromatic nitrogens is 1. The minimum atomic E-state index is -0.517. The summed E-state index contributed by atoms with van der Waals surface area (Å²) >= 11 is 5.43. The second-order valence-electron chi connectivity index (χ2n) is 2.56. The van der Waals surface area contributed by atoms with Gasteiger partial charge in [0, 0.05) is 5.54 Å². The number of pyridine rings is 1. The Hall–Kier alpha value is -1.09. The van der Waals surface area contributed by atoms with Crippen LogP contribution in [0.15, 0.2) is 29.4 Å². The van der Waals surface area contributed by atoms with Gasteiger partial charge in [0.25, 0.3) is 0 Å². The Bertz CT molecular complexity index is 297. The summed E-state index contributed by atoms with van der Waals surface area (Å²) in [4.78, 5) is 3.44. The number of halogens is 2. The maximum absolute atomic E-state index is 12.4. The first-order valence-corrected chi connectivity index (χ1v) is 4.16. The van der Waals surface area contributed by atoms with Crippen molar-refractivity contribution < 1.29 is 9.13 Å². The molecule has 1 rings (SSSR count). The van der Waals surface area contributed by atoms with E-state index in [0.717, 1.165) is 5.57 Å². The van der Waals surface area contributed by atoms with Crippen LogP contribution in [-0.4, -0.2) is 11.6 Å². The first kappa shape index (κ1) is 9.99. The summed E-state index contributed by atoms with van der Waals surface area (Å²) in [7, 11) is 0. The molecule has 0 fully saturated rings. The van der Waals surface area contributed by atoms with Gasteiger partial charge in [0.2, 0.25) is 5.95 Å². The number of hydrogen-bond acceptors (Lipinski definition) is 2. The van der Waals surface area contributed by atoms with E-state index in [1.807, 2.05) is 6.92 Å². The van der Waals surface area contributed by atoms with Crippen molar-refractivity contribution in [3.8, 4) is 5.75 Å². The molecule has 13 heavy (non-hydrogen) atoms. The van der Waals surface area contributed by atoms with Crippen molar-refractivity contribution in [1.29, 1.82) is 0 Å². The second-order valence-corrected chi connectivity index (χ2v) is 2.78. The summed E-state index contributed by atoms with van der Waals surface area (Å²) in [6, 6.07) is 2.76. The van der Waals surface area contributed by atoms with Crippen LogP contribution in [0.25, 0.3) is 0 Å². The van der Waals surface area contributed by atoms with Crippen LogP contribution in [0.1, 0.15) is 6.92 Å². The molecule has 4 heteroatoms. The zero-order chi connectivity index (χ0) is 9.68. The van der Waals surface area contributed by atoms with Crippen LogP contribution in [0.5, 0.6) is 5.75 Å². The van der Waals surface area contributed by atoms with Gasteiger partial charge in [0.05, 0.1) is 6.20 Å². The third-order valence-electron chi connectivity index (χ3n) is 1.35. The van der Waals surface area contributed by atoms with Crippen molar-refractivity contribution in [3.05, 3.63) is 35.4 Å². The third-order valence-corrected chi connectivity index (χ3v) is 1.73. The summed E-state index contributed by atoms with van der Waals surface area (Å²) < 4.78 is 17.6. The number of nitrogens with zero attached hydrogens (tertiary/aromatic N) is 1. The van der Waals surface area contributed by atoms with E-state index in [4.69, 9.17) is 16.3 Å². The average Bonchev–Trinajstić information content (AvgIpc) is 2.16. The molecule has 0 saturated carbocycles. The van der Waals surface area contributed by atoms with Gasteiger partial charge < -0.3 is 4.74 Å². The van der Waals surface area contributed by atoms with Gasteiger partial charge in [-0.3, -0.25) is 0 Å². The van der Waals surface area contributed by atoms with Crippen molar-refractivity contribution in [3.63, 3.8) is 0 Å². The van der Waals surface area contributed by atoms with Gasteiger partial charge in [-0.05, 0) is 24.6 Å². The summed E-state index contributed by atoms with van der Waals surface area (Å²) in [5.41, 5.74) is 2.34. The summed E-state index contributed by atoms with van der Waals surface area (Å²) in [5.74, 6) is 0.0104. The lowest BCUT2D eigenvalue weighted by Gasteiger charge is -2.04. The molecule has 1 aromatic rings. The van der Waals surface area contributed by atoms with Crippen molar-refractivity contribution in [1.82, 2.24) is 4.98 Å². The van der Waals surface area contributed by atoms with Gasteiger partial charge in [0.15, 0.2) is 0 Å². The normalized spacial score (nSPS) is 11.5. The fraction of sp³-hybridized carbons (Fsp3) is 0.222. The molecule has 0 unspecified atom stereocenters. The molecule has 70 valence electrons. The molecular weight excluding hydrogens is 193 g/mol. The van der Waals surface area contributed by atoms with E-state index >= 15 is 0 Å². The van der Waals surface area contributed by atoms with Gasteiger partial charge in [-0.25, -0.2) is 4.98 Å². The number of rotatable bonds is 3. The Morgan fingerprint density at radius 3 is 3.00 bits per heavy atom. The molecule has 0 aliphatic heterocycles. The highest BCUT2D eigenvalue weighted by Crippen LogP contribution is 2.09. The fourth-order valence-corrected chi connectivity index (χ4v) is 0.739. The molecule has 0 aliphatic carbocycles. The predicted octanol–water partition coefficient (Wildman–Crippen LogP) is 2.74. The first-order chi connectivity index (χ1) is 6.22. The van der Waals surface area contributed by atoms with E-state index in [1.165, 1.54) is 23.9 Å². The maximum Gasteiger partial charge on any atom is 0.213 e. The standard InChI is InChI=1S/C9H9ClFNO/c1-7(4-10)6-13-8-2-3-9(11)12-5-8/h2-5H,6H2,1H3/b7-4-. The van der Waals surface area contributed by atoms with Gasteiger partial charge in [-0.2, -0.15) is 4.39 Å². The first-order valence-electron chi connectivity index (χ1n) is 3.72. The van der Waals surface area contributed by atoms with Crippen molar-refractivity contribution in [2.24, 2.45) is 0 Å². The molecule has 2 nitrogen and oxygen atoms in total. The molecular formula is C9H9ClFNO. The van der Waals surface area contributed by atoms with E-state index in [1.54, 1.807) is 0 Å². The topological polar surface area (TPSA) is 22.1 Å². The van der Waals surface area contributed by atoms with Crippen LogP contribution < -0.4 is 4.74 Å². The van der Waals surface area contributed by atoms with Crippen LogP contribution >= 0.6 is 11.6 Å². The Kier molecular flexibility index (Phi) is 3.71. The highest BCUT2D eigenvalue weighted by molar-refractivity contribution is 6.25. The number of ether oxygens (including phenoxy) is 1. The molecule has 0 saturated heterocycles. The Morgan fingerprint density at radius 1 is 1.69 bits per heavy atom. The fourth-order valence-electron chi connectivity index (χ4n) is 0.676.